The van der Waals surface area contributed by atoms with Gasteiger partial charge in [-0.3, -0.25) is 4.79 Å². The van der Waals surface area contributed by atoms with Crippen molar-refractivity contribution in [2.75, 3.05) is 0 Å². The lowest BCUT2D eigenvalue weighted by molar-refractivity contribution is -0.121. The molecule has 0 saturated heterocycles. The number of carbonyl (C=O) groups is 1. The van der Waals surface area contributed by atoms with Gasteiger partial charge in [0.25, 0.3) is 0 Å². The van der Waals surface area contributed by atoms with E-state index in [2.05, 4.69) is 21.5 Å². The maximum Gasteiger partial charge on any atom is 0.248 e. The third kappa shape index (κ3) is 4.41. The Morgan fingerprint density at radius 2 is 2.19 bits per heavy atom. The van der Waals surface area contributed by atoms with Crippen molar-refractivity contribution in [1.29, 1.82) is 0 Å². The standard InChI is InChI=1S/C16H25N3O2/c1-11(14-18-15(19-21-14)16(2,3)4)17-13(20)10-12-8-6-5-7-9-12/h8,11H,5-7,9-10H2,1-4H3,(H,17,20). The van der Waals surface area contributed by atoms with Gasteiger partial charge in [-0.2, -0.15) is 4.98 Å². The summed E-state index contributed by atoms with van der Waals surface area (Å²) in [6, 6.07) is -0.259. The number of hydrogen-bond donors (Lipinski definition) is 1. The number of hydrogen-bond acceptors (Lipinski definition) is 4. The van der Waals surface area contributed by atoms with Crippen molar-refractivity contribution in [3.05, 3.63) is 23.4 Å². The van der Waals surface area contributed by atoms with E-state index in [0.29, 0.717) is 18.1 Å². The molecular weight excluding hydrogens is 266 g/mol. The van der Waals surface area contributed by atoms with Crippen LogP contribution in [0.3, 0.4) is 0 Å². The van der Waals surface area contributed by atoms with E-state index >= 15 is 0 Å². The molecule has 0 fully saturated rings. The molecule has 1 unspecified atom stereocenters. The first kappa shape index (κ1) is 15.7. The van der Waals surface area contributed by atoms with Gasteiger partial charge in [0, 0.05) is 11.8 Å². The molecule has 0 saturated carbocycles. The molecule has 1 aliphatic rings. The van der Waals surface area contributed by atoms with Crippen LogP contribution in [0.1, 0.15) is 77.6 Å². The highest BCUT2D eigenvalue weighted by Crippen LogP contribution is 2.22. The molecule has 1 atom stereocenters. The van der Waals surface area contributed by atoms with Crippen LogP contribution in [0.4, 0.5) is 0 Å². The lowest BCUT2D eigenvalue weighted by Crippen LogP contribution is -2.27. The number of allylic oxidation sites excluding steroid dienone is 1. The van der Waals surface area contributed by atoms with Gasteiger partial charge in [-0.15, -0.1) is 0 Å². The van der Waals surface area contributed by atoms with Crippen LogP contribution in [0, 0.1) is 0 Å². The van der Waals surface area contributed by atoms with Crippen molar-refractivity contribution in [1.82, 2.24) is 15.5 Å². The summed E-state index contributed by atoms with van der Waals surface area (Å²) in [5.74, 6) is 1.14. The fourth-order valence-corrected chi connectivity index (χ4v) is 2.34. The summed E-state index contributed by atoms with van der Waals surface area (Å²) < 4.78 is 5.25. The van der Waals surface area contributed by atoms with Gasteiger partial charge in [-0.25, -0.2) is 0 Å². The minimum atomic E-state index is -0.259. The van der Waals surface area contributed by atoms with Crippen molar-refractivity contribution in [3.63, 3.8) is 0 Å². The molecular formula is C16H25N3O2. The predicted molar refractivity (Wildman–Crippen MR) is 80.7 cm³/mol. The summed E-state index contributed by atoms with van der Waals surface area (Å²) >= 11 is 0. The van der Waals surface area contributed by atoms with E-state index in [4.69, 9.17) is 4.52 Å². The number of nitrogens with one attached hydrogen (secondary N) is 1. The molecule has 116 valence electrons. The third-order valence-electron chi connectivity index (χ3n) is 3.63. The maximum absolute atomic E-state index is 12.1. The van der Waals surface area contributed by atoms with E-state index in [1.54, 1.807) is 0 Å². The minimum absolute atomic E-state index is 0.0196. The SMILES string of the molecule is CC(NC(=O)CC1=CCCCC1)c1nc(C(C)(C)C)no1. The average Bonchev–Trinajstić information content (AvgIpc) is 2.89. The van der Waals surface area contributed by atoms with Crippen LogP contribution in [0.25, 0.3) is 0 Å². The molecule has 1 aliphatic carbocycles. The van der Waals surface area contributed by atoms with Crippen LogP contribution in [0.5, 0.6) is 0 Å². The van der Waals surface area contributed by atoms with E-state index in [9.17, 15) is 4.79 Å². The molecule has 0 radical (unpaired) electrons. The fraction of sp³-hybridized carbons (Fsp3) is 0.688. The summed E-state index contributed by atoms with van der Waals surface area (Å²) in [5.41, 5.74) is 1.09. The smallest absolute Gasteiger partial charge is 0.248 e. The number of carbonyl (C=O) groups excluding carboxylic acids is 1. The molecule has 1 heterocycles. The molecule has 1 amide bonds. The van der Waals surface area contributed by atoms with Gasteiger partial charge in [0.05, 0.1) is 0 Å². The molecule has 5 nitrogen and oxygen atoms in total. The zero-order valence-corrected chi connectivity index (χ0v) is 13.4. The Morgan fingerprint density at radius 1 is 1.43 bits per heavy atom. The molecule has 0 spiro atoms. The largest absolute Gasteiger partial charge is 0.344 e. The molecule has 1 N–H and O–H groups in total. The summed E-state index contributed by atoms with van der Waals surface area (Å²) in [4.78, 5) is 16.4. The zero-order chi connectivity index (χ0) is 15.5. The van der Waals surface area contributed by atoms with Crippen LogP contribution < -0.4 is 5.32 Å². The van der Waals surface area contributed by atoms with E-state index in [1.165, 1.54) is 18.4 Å². The van der Waals surface area contributed by atoms with Gasteiger partial charge in [0.15, 0.2) is 5.82 Å². The van der Waals surface area contributed by atoms with Gasteiger partial charge in [0.1, 0.15) is 6.04 Å². The van der Waals surface area contributed by atoms with Gasteiger partial charge in [-0.05, 0) is 32.6 Å². The molecule has 0 aromatic carbocycles. The first-order valence-corrected chi connectivity index (χ1v) is 7.67. The van der Waals surface area contributed by atoms with Crippen LogP contribution >= 0.6 is 0 Å². The Labute approximate surface area is 126 Å². The average molecular weight is 291 g/mol. The Hall–Kier alpha value is -1.65. The number of nitrogens with zero attached hydrogens (tertiary/aromatic N) is 2. The highest BCUT2D eigenvalue weighted by Gasteiger charge is 2.24. The summed E-state index contributed by atoms with van der Waals surface area (Å²) in [5, 5.41) is 6.91. The van der Waals surface area contributed by atoms with E-state index in [1.807, 2.05) is 27.7 Å². The summed E-state index contributed by atoms with van der Waals surface area (Å²) in [7, 11) is 0. The van der Waals surface area contributed by atoms with E-state index in [-0.39, 0.29) is 17.4 Å². The van der Waals surface area contributed by atoms with Crippen molar-refractivity contribution in [2.45, 2.75) is 71.3 Å². The molecule has 0 aliphatic heterocycles. The van der Waals surface area contributed by atoms with Gasteiger partial charge in [0.2, 0.25) is 11.8 Å². The molecule has 1 aromatic rings. The highest BCUT2D eigenvalue weighted by molar-refractivity contribution is 5.78. The second-order valence-corrected chi connectivity index (χ2v) is 6.78. The van der Waals surface area contributed by atoms with Crippen molar-refractivity contribution in [2.24, 2.45) is 0 Å². The Bertz CT molecular complexity index is 526. The molecule has 0 bridgehead atoms. The topological polar surface area (TPSA) is 68.0 Å². The van der Waals surface area contributed by atoms with Crippen LogP contribution in [0.15, 0.2) is 16.2 Å². The van der Waals surface area contributed by atoms with Crippen molar-refractivity contribution >= 4 is 5.91 Å². The van der Waals surface area contributed by atoms with Crippen LogP contribution in [-0.2, 0) is 10.2 Å². The lowest BCUT2D eigenvalue weighted by atomic mass is 9.96. The molecule has 1 aromatic heterocycles. The van der Waals surface area contributed by atoms with Gasteiger partial charge in [-0.1, -0.05) is 37.6 Å². The van der Waals surface area contributed by atoms with Crippen molar-refractivity contribution in [3.8, 4) is 0 Å². The molecule has 2 rings (SSSR count). The van der Waals surface area contributed by atoms with E-state index < -0.39 is 0 Å². The summed E-state index contributed by atoms with van der Waals surface area (Å²) in [6.45, 7) is 7.95. The monoisotopic (exact) mass is 291 g/mol. The second kappa shape index (κ2) is 6.41. The first-order chi connectivity index (χ1) is 9.86. The van der Waals surface area contributed by atoms with Gasteiger partial charge < -0.3 is 9.84 Å². The number of rotatable bonds is 4. The summed E-state index contributed by atoms with van der Waals surface area (Å²) in [6.07, 6.45) is 7.22. The highest BCUT2D eigenvalue weighted by atomic mass is 16.5. The molecule has 5 heteroatoms. The van der Waals surface area contributed by atoms with Crippen LogP contribution in [0.2, 0.25) is 0 Å². The number of aromatic nitrogens is 2. The van der Waals surface area contributed by atoms with Gasteiger partial charge >= 0.3 is 0 Å². The Kier molecular flexibility index (Phi) is 4.80. The quantitative estimate of drug-likeness (QED) is 0.863. The third-order valence-corrected chi connectivity index (χ3v) is 3.63. The first-order valence-electron chi connectivity index (χ1n) is 7.67. The maximum atomic E-state index is 12.1. The molecule has 21 heavy (non-hydrogen) atoms. The van der Waals surface area contributed by atoms with Crippen molar-refractivity contribution < 1.29 is 9.32 Å². The normalized spacial score (nSPS) is 17.2. The number of amides is 1. The Morgan fingerprint density at radius 3 is 2.76 bits per heavy atom. The van der Waals surface area contributed by atoms with Crippen LogP contribution in [-0.4, -0.2) is 16.0 Å². The zero-order valence-electron chi connectivity index (χ0n) is 13.4. The predicted octanol–water partition coefficient (Wildman–Crippen LogP) is 3.43. The second-order valence-electron chi connectivity index (χ2n) is 6.78. The van der Waals surface area contributed by atoms with E-state index in [0.717, 1.165) is 12.8 Å². The Balaban J connectivity index is 1.91. The minimum Gasteiger partial charge on any atom is -0.344 e. The fourth-order valence-electron chi connectivity index (χ4n) is 2.34. The lowest BCUT2D eigenvalue weighted by Gasteiger charge is -2.14.